The molecule has 1 heterocycles. The zero-order chi connectivity index (χ0) is 22.1. The number of aromatic nitrogens is 1. The van der Waals surface area contributed by atoms with Crippen LogP contribution in [0.1, 0.15) is 5.69 Å². The van der Waals surface area contributed by atoms with Crippen LogP contribution < -0.4 is 10.5 Å². The molecule has 3 rings (SSSR count). The number of halogens is 2. The summed E-state index contributed by atoms with van der Waals surface area (Å²) in [4.78, 5) is 0.197. The molecule has 0 bridgehead atoms. The van der Waals surface area contributed by atoms with E-state index in [9.17, 15) is 12.8 Å². The highest BCUT2D eigenvalue weighted by molar-refractivity contribution is 7.89. The zero-order valence-corrected chi connectivity index (χ0v) is 19.6. The van der Waals surface area contributed by atoms with Gasteiger partial charge in [0.1, 0.15) is 11.6 Å². The summed E-state index contributed by atoms with van der Waals surface area (Å²) in [6, 6.07) is 12.4. The van der Waals surface area contributed by atoms with Crippen LogP contribution in [0.5, 0.6) is 5.75 Å². The molecule has 0 aliphatic rings. The van der Waals surface area contributed by atoms with Crippen molar-refractivity contribution >= 4 is 33.3 Å². The smallest absolute Gasteiger partial charge is 0.242 e. The molecule has 31 heavy (non-hydrogen) atoms. The third kappa shape index (κ3) is 4.77. The monoisotopic (exact) mass is 467 g/mol. The van der Waals surface area contributed by atoms with Crippen molar-refractivity contribution in [1.82, 2.24) is 8.87 Å². The second-order valence-corrected chi connectivity index (χ2v) is 9.28. The van der Waals surface area contributed by atoms with Crippen molar-refractivity contribution in [1.29, 1.82) is 0 Å². The normalized spacial score (nSPS) is 12.3. The van der Waals surface area contributed by atoms with Gasteiger partial charge in [0.25, 0.3) is 0 Å². The van der Waals surface area contributed by atoms with E-state index in [0.29, 0.717) is 5.75 Å². The first kappa shape index (κ1) is 24.9. The summed E-state index contributed by atoms with van der Waals surface area (Å²) in [7, 11) is 0.988. The van der Waals surface area contributed by atoms with E-state index in [1.807, 2.05) is 35.8 Å². The molecule has 3 aromatic rings. The largest absolute Gasteiger partial charge is 0.497 e. The highest BCUT2D eigenvalue weighted by atomic mass is 35.5. The third-order valence-corrected chi connectivity index (χ3v) is 6.89. The molecule has 6 nitrogen and oxygen atoms in total. The van der Waals surface area contributed by atoms with Crippen LogP contribution in [0, 0.1) is 6.92 Å². The highest BCUT2D eigenvalue weighted by Crippen LogP contribution is 2.38. The van der Waals surface area contributed by atoms with Crippen LogP contribution in [-0.2, 0) is 16.6 Å². The van der Waals surface area contributed by atoms with Gasteiger partial charge in [0.15, 0.2) is 0 Å². The Kier molecular flexibility index (Phi) is 7.88. The topological polar surface area (TPSA) is 77.6 Å². The van der Waals surface area contributed by atoms with Crippen molar-refractivity contribution in [2.45, 2.75) is 18.4 Å². The summed E-state index contributed by atoms with van der Waals surface area (Å²) in [5.41, 5.74) is 8.65. The van der Waals surface area contributed by atoms with Crippen molar-refractivity contribution in [3.05, 3.63) is 60.1 Å². The van der Waals surface area contributed by atoms with Gasteiger partial charge in [-0.1, -0.05) is 12.1 Å². The lowest BCUT2D eigenvalue weighted by molar-refractivity contribution is 0.415. The number of sulfonamides is 1. The maximum atomic E-state index is 14.3. The molecule has 0 amide bonds. The molecule has 0 atom stereocenters. The molecule has 0 aliphatic heterocycles. The van der Waals surface area contributed by atoms with E-state index in [1.165, 1.54) is 24.5 Å². The molecule has 0 unspecified atom stereocenters. The Morgan fingerprint density at radius 1 is 1.23 bits per heavy atom. The summed E-state index contributed by atoms with van der Waals surface area (Å²) in [6.07, 6.45) is 1.35. The van der Waals surface area contributed by atoms with Gasteiger partial charge in [0.2, 0.25) is 10.0 Å². The van der Waals surface area contributed by atoms with Crippen molar-refractivity contribution in [3.63, 3.8) is 0 Å². The fourth-order valence-corrected chi connectivity index (χ4v) is 4.47. The Hall–Kier alpha value is -2.39. The zero-order valence-electron chi connectivity index (χ0n) is 17.9. The number of ether oxygens (including phenoxy) is 1. The predicted molar refractivity (Wildman–Crippen MR) is 125 cm³/mol. The van der Waals surface area contributed by atoms with E-state index in [4.69, 9.17) is 10.5 Å². The Bertz CT molecular complexity index is 1220. The number of allylic oxidation sites excluding steroid dienone is 1. The predicted octanol–water partition coefficient (Wildman–Crippen LogP) is 4.11. The Morgan fingerprint density at radius 3 is 2.55 bits per heavy atom. The van der Waals surface area contributed by atoms with Gasteiger partial charge in [0, 0.05) is 42.8 Å². The van der Waals surface area contributed by atoms with E-state index in [-0.39, 0.29) is 36.2 Å². The van der Waals surface area contributed by atoms with Crippen LogP contribution in [0.25, 0.3) is 22.0 Å². The average molecular weight is 468 g/mol. The first-order valence-electron chi connectivity index (χ1n) is 9.45. The van der Waals surface area contributed by atoms with Crippen LogP contribution >= 0.6 is 12.4 Å². The number of nitrogens with two attached hydrogens (primary N) is 1. The van der Waals surface area contributed by atoms with E-state index in [1.54, 1.807) is 25.3 Å². The van der Waals surface area contributed by atoms with Gasteiger partial charge in [0.05, 0.1) is 18.6 Å². The second kappa shape index (κ2) is 9.82. The minimum atomic E-state index is -3.59. The van der Waals surface area contributed by atoms with Crippen LogP contribution in [-0.4, -0.2) is 45.0 Å². The number of hydrogen-bond donors (Lipinski definition) is 1. The van der Waals surface area contributed by atoms with Gasteiger partial charge in [-0.15, -0.1) is 12.4 Å². The molecule has 1 aromatic heterocycles. The minimum absolute atomic E-state index is 0. The molecule has 0 radical (unpaired) electrons. The number of fused-ring (bicyclic) bond motifs is 1. The minimum Gasteiger partial charge on any atom is -0.497 e. The van der Waals surface area contributed by atoms with Crippen molar-refractivity contribution in [2.24, 2.45) is 5.73 Å². The molecule has 0 saturated heterocycles. The van der Waals surface area contributed by atoms with E-state index < -0.39 is 10.0 Å². The quantitative estimate of drug-likeness (QED) is 0.567. The first-order valence-corrected chi connectivity index (χ1v) is 10.9. The second-order valence-electron chi connectivity index (χ2n) is 7.13. The molecule has 2 N–H and O–H groups in total. The highest BCUT2D eigenvalue weighted by Gasteiger charge is 2.21. The van der Waals surface area contributed by atoms with Gasteiger partial charge in [-0.2, -0.15) is 0 Å². The van der Waals surface area contributed by atoms with Gasteiger partial charge in [-0.25, -0.2) is 17.1 Å². The molecule has 0 saturated carbocycles. The lowest BCUT2D eigenvalue weighted by atomic mass is 10.0. The van der Waals surface area contributed by atoms with Crippen molar-refractivity contribution in [3.8, 4) is 16.9 Å². The molecular formula is C22H27ClFN3O3S. The van der Waals surface area contributed by atoms with Gasteiger partial charge in [-0.05, 0) is 48.9 Å². The fourth-order valence-electron chi connectivity index (χ4n) is 3.52. The summed E-state index contributed by atoms with van der Waals surface area (Å²) in [5, 5.41) is 0.854. The Labute approximate surface area is 188 Å². The maximum Gasteiger partial charge on any atom is 0.242 e. The number of nitrogens with zero attached hydrogens (tertiary/aromatic N) is 2. The Morgan fingerprint density at radius 2 is 1.94 bits per heavy atom. The number of methoxy groups -OCH3 is 1. The standard InChI is InChI=1S/C22H26FN3O3S.ClH/c1-15-22(16-6-5-7-19(12-16)30(27,28)25(2)3)20-13-18(29-4)8-9-21(20)26(15)14-17(23)10-11-24;/h5-10,12-13H,11,14,24H2,1-4H3;1H/b17-10-;. The molecule has 9 heteroatoms. The first-order chi connectivity index (χ1) is 14.2. The number of rotatable bonds is 7. The molecule has 2 aromatic carbocycles. The van der Waals surface area contributed by atoms with Crippen LogP contribution in [0.15, 0.2) is 59.3 Å². The van der Waals surface area contributed by atoms with Crippen molar-refractivity contribution < 1.29 is 17.5 Å². The fraction of sp³-hybridized carbons (Fsp3) is 0.273. The summed E-state index contributed by atoms with van der Waals surface area (Å²) < 4.78 is 48.0. The molecule has 0 fully saturated rings. The average Bonchev–Trinajstić information content (AvgIpc) is 2.98. The van der Waals surface area contributed by atoms with Crippen LogP contribution in [0.3, 0.4) is 0 Å². The van der Waals surface area contributed by atoms with Gasteiger partial charge < -0.3 is 15.0 Å². The lowest BCUT2D eigenvalue weighted by Gasteiger charge is -2.13. The van der Waals surface area contributed by atoms with E-state index in [2.05, 4.69) is 0 Å². The van der Waals surface area contributed by atoms with Crippen LogP contribution in [0.2, 0.25) is 0 Å². The lowest BCUT2D eigenvalue weighted by Crippen LogP contribution is -2.22. The Balaban J connectivity index is 0.00000341. The van der Waals surface area contributed by atoms with Crippen molar-refractivity contribution in [2.75, 3.05) is 27.7 Å². The molecular weight excluding hydrogens is 441 g/mol. The number of benzene rings is 2. The summed E-state index contributed by atoms with van der Waals surface area (Å²) >= 11 is 0. The molecule has 0 spiro atoms. The maximum absolute atomic E-state index is 14.3. The summed E-state index contributed by atoms with van der Waals surface area (Å²) in [5.74, 6) is 0.333. The van der Waals surface area contributed by atoms with E-state index >= 15 is 0 Å². The third-order valence-electron chi connectivity index (χ3n) is 5.08. The SMILES string of the molecule is COc1ccc2c(c1)c(-c1cccc(S(=O)(=O)N(C)C)c1)c(C)n2C/C(F)=C/CN.Cl. The van der Waals surface area contributed by atoms with E-state index in [0.717, 1.165) is 27.7 Å². The molecule has 0 aliphatic carbocycles. The number of hydrogen-bond acceptors (Lipinski definition) is 4. The summed E-state index contributed by atoms with van der Waals surface area (Å²) in [6.45, 7) is 2.06. The van der Waals surface area contributed by atoms with Gasteiger partial charge in [-0.3, -0.25) is 0 Å². The molecule has 168 valence electrons. The van der Waals surface area contributed by atoms with Gasteiger partial charge >= 0.3 is 0 Å². The van der Waals surface area contributed by atoms with Crippen LogP contribution in [0.4, 0.5) is 4.39 Å².